The number of benzene rings is 1. The molecule has 0 spiro atoms. The van der Waals surface area contributed by atoms with Crippen LogP contribution in [0.15, 0.2) is 18.2 Å². The second kappa shape index (κ2) is 16.4. The predicted octanol–water partition coefficient (Wildman–Crippen LogP) is -3.35. The second-order valence-corrected chi connectivity index (χ2v) is 10.1. The molecule has 2 aliphatic heterocycles. The molecule has 0 saturated carbocycles. The molecule has 242 valence electrons. The number of carbonyl (C=O) groups excluding carboxylic acids is 3. The molecule has 1 aromatic rings. The molecule has 8 N–H and O–H groups in total. The Kier molecular flexibility index (Phi) is 13.0. The number of carboxylic acids is 1. The monoisotopic (exact) mass is 623 g/mol. The molecule has 1 aromatic carbocycles. The van der Waals surface area contributed by atoms with Gasteiger partial charge in [0.1, 0.15) is 25.4 Å². The molecule has 6 atom stereocenters. The summed E-state index contributed by atoms with van der Waals surface area (Å²) >= 11 is 0. The lowest BCUT2D eigenvalue weighted by Gasteiger charge is -2.46. The summed E-state index contributed by atoms with van der Waals surface area (Å²) < 4.78 is 21.4. The van der Waals surface area contributed by atoms with Crippen molar-refractivity contribution in [2.45, 2.75) is 55.5 Å². The van der Waals surface area contributed by atoms with E-state index >= 15 is 0 Å². The smallest absolute Gasteiger partial charge is 0.364 e. The summed E-state index contributed by atoms with van der Waals surface area (Å²) in [6.45, 7) is -1.52. The molecule has 44 heavy (non-hydrogen) atoms. The normalized spacial score (nSPS) is 24.0. The van der Waals surface area contributed by atoms with E-state index < -0.39 is 73.6 Å². The van der Waals surface area contributed by atoms with Crippen molar-refractivity contribution in [3.63, 3.8) is 0 Å². The molecule has 16 heteroatoms. The van der Waals surface area contributed by atoms with Crippen LogP contribution in [0.4, 0.5) is 5.69 Å². The third kappa shape index (κ3) is 9.42. The van der Waals surface area contributed by atoms with Crippen LogP contribution >= 0.6 is 0 Å². The van der Waals surface area contributed by atoms with Crippen LogP contribution in [0.3, 0.4) is 0 Å². The van der Waals surface area contributed by atoms with E-state index in [2.05, 4.69) is 21.9 Å². The molecule has 3 rings (SSSR count). The lowest BCUT2D eigenvalue weighted by molar-refractivity contribution is -0.312. The number of carbonyl (C=O) groups is 4. The maximum absolute atomic E-state index is 12.5. The van der Waals surface area contributed by atoms with Crippen LogP contribution in [0.5, 0.6) is 0 Å². The average Bonchev–Trinajstić information content (AvgIpc) is 3.37. The van der Waals surface area contributed by atoms with Crippen molar-refractivity contribution in [3.8, 4) is 12.3 Å². The first-order chi connectivity index (χ1) is 21.0. The number of aliphatic hydroxyl groups excluding tert-OH is 4. The Bertz CT molecular complexity index is 1220. The van der Waals surface area contributed by atoms with E-state index in [9.17, 15) is 44.7 Å². The molecule has 0 bridgehead atoms. The van der Waals surface area contributed by atoms with Crippen molar-refractivity contribution in [3.05, 3.63) is 29.3 Å². The van der Waals surface area contributed by atoms with Crippen LogP contribution < -0.4 is 16.0 Å². The Morgan fingerprint density at radius 3 is 2.59 bits per heavy atom. The highest BCUT2D eigenvalue weighted by Crippen LogP contribution is 2.33. The van der Waals surface area contributed by atoms with E-state index in [4.69, 9.17) is 25.4 Å². The molecule has 3 amide bonds. The number of nitrogens with one attached hydrogen (secondary N) is 3. The van der Waals surface area contributed by atoms with Crippen LogP contribution in [0.2, 0.25) is 0 Å². The third-order valence-electron chi connectivity index (χ3n) is 6.89. The van der Waals surface area contributed by atoms with E-state index in [1.54, 1.807) is 18.2 Å². The molecular weight excluding hydrogens is 586 g/mol. The van der Waals surface area contributed by atoms with Gasteiger partial charge >= 0.3 is 5.97 Å². The zero-order chi connectivity index (χ0) is 32.3. The van der Waals surface area contributed by atoms with Crippen LogP contribution in [-0.2, 0) is 51.0 Å². The Balaban J connectivity index is 1.63. The first kappa shape index (κ1) is 34.8. The minimum Gasteiger partial charge on any atom is -0.477 e. The van der Waals surface area contributed by atoms with Gasteiger partial charge in [0.25, 0.3) is 5.79 Å². The molecule has 2 heterocycles. The van der Waals surface area contributed by atoms with Crippen molar-refractivity contribution in [1.29, 1.82) is 0 Å². The van der Waals surface area contributed by atoms with Gasteiger partial charge in [-0.2, -0.15) is 0 Å². The van der Waals surface area contributed by atoms with Gasteiger partial charge in [-0.15, -0.1) is 6.42 Å². The Hall–Kier alpha value is -3.66. The number of rotatable bonds is 17. The summed E-state index contributed by atoms with van der Waals surface area (Å²) in [5.41, 5.74) is 1.98. The van der Waals surface area contributed by atoms with Crippen molar-refractivity contribution in [2.24, 2.45) is 0 Å². The number of amides is 3. The van der Waals surface area contributed by atoms with Crippen molar-refractivity contribution in [1.82, 2.24) is 10.6 Å². The van der Waals surface area contributed by atoms with Crippen molar-refractivity contribution >= 4 is 29.4 Å². The highest BCUT2D eigenvalue weighted by Gasteiger charge is 2.55. The SMILES string of the molecule is C#CCOCCOCCO[C@]1(C(=O)O)C[C@H](O)[C@@H](NC(=O)CO)[C@H]([C@H](O)[C@H](O)CNC(=O)Cc2ccc3c(c2)NC(=O)C3)O1. The molecule has 1 saturated heterocycles. The van der Waals surface area contributed by atoms with E-state index in [0.29, 0.717) is 11.3 Å². The summed E-state index contributed by atoms with van der Waals surface area (Å²) in [4.78, 5) is 48.3. The topological polar surface area (TPSA) is 242 Å². The van der Waals surface area contributed by atoms with E-state index in [1.165, 1.54) is 0 Å². The molecule has 16 nitrogen and oxygen atoms in total. The third-order valence-corrected chi connectivity index (χ3v) is 6.89. The van der Waals surface area contributed by atoms with Crippen LogP contribution in [0.1, 0.15) is 17.5 Å². The van der Waals surface area contributed by atoms with Gasteiger partial charge in [0.2, 0.25) is 17.7 Å². The molecule has 2 aliphatic rings. The van der Waals surface area contributed by atoms with Crippen LogP contribution in [0.25, 0.3) is 0 Å². The molecule has 0 aromatic heterocycles. The molecular formula is C28H37N3O13. The maximum Gasteiger partial charge on any atom is 0.364 e. The maximum atomic E-state index is 12.5. The molecule has 0 radical (unpaired) electrons. The fourth-order valence-corrected chi connectivity index (χ4v) is 4.74. The standard InChI is InChI=1S/C28H37N3O13/c1-2-5-41-6-7-42-8-9-43-28(27(39)40)13-19(33)24(31-23(37)15-32)26(44-28)25(38)20(34)14-29-21(35)11-16-3-4-17-12-22(36)30-18(17)10-16/h1,3-4,10,19-20,24-26,32-34,38H,5-9,11-15H2,(H,29,35)(H,30,36)(H,31,37)(H,39,40)/t19-,20+,24+,25+,26+,28+/m0/s1. The largest absolute Gasteiger partial charge is 0.477 e. The van der Waals surface area contributed by atoms with Gasteiger partial charge in [0.05, 0.1) is 57.5 Å². The molecule has 0 aliphatic carbocycles. The summed E-state index contributed by atoms with van der Waals surface area (Å²) in [5.74, 6) is -3.55. The van der Waals surface area contributed by atoms with Gasteiger partial charge in [0, 0.05) is 18.7 Å². The number of hydrogen-bond acceptors (Lipinski definition) is 12. The number of fused-ring (bicyclic) bond motifs is 1. The fraction of sp³-hybridized carbons (Fsp3) is 0.571. The highest BCUT2D eigenvalue weighted by atomic mass is 16.7. The van der Waals surface area contributed by atoms with E-state index in [1.807, 2.05) is 0 Å². The number of aliphatic hydroxyl groups is 4. The lowest BCUT2D eigenvalue weighted by Crippen LogP contribution is -2.68. The molecule has 0 unspecified atom stereocenters. The van der Waals surface area contributed by atoms with Gasteiger partial charge in [-0.25, -0.2) is 4.79 Å². The predicted molar refractivity (Wildman–Crippen MR) is 149 cm³/mol. The van der Waals surface area contributed by atoms with Gasteiger partial charge < -0.3 is 60.4 Å². The Morgan fingerprint density at radius 2 is 1.89 bits per heavy atom. The number of hydrogen-bond donors (Lipinski definition) is 8. The van der Waals surface area contributed by atoms with Crippen LogP contribution in [0, 0.1) is 12.3 Å². The van der Waals surface area contributed by atoms with E-state index in [-0.39, 0.29) is 51.8 Å². The van der Waals surface area contributed by atoms with Crippen molar-refractivity contribution in [2.75, 3.05) is 51.5 Å². The van der Waals surface area contributed by atoms with E-state index in [0.717, 1.165) is 5.56 Å². The fourth-order valence-electron chi connectivity index (χ4n) is 4.74. The van der Waals surface area contributed by atoms with Crippen LogP contribution in [-0.4, -0.2) is 132 Å². The van der Waals surface area contributed by atoms with Gasteiger partial charge in [-0.1, -0.05) is 18.1 Å². The van der Waals surface area contributed by atoms with Crippen molar-refractivity contribution < 1.29 is 63.7 Å². The lowest BCUT2D eigenvalue weighted by atomic mass is 9.88. The number of aliphatic carboxylic acids is 1. The second-order valence-electron chi connectivity index (χ2n) is 10.1. The van der Waals surface area contributed by atoms with Gasteiger partial charge in [-0.3, -0.25) is 14.4 Å². The summed E-state index contributed by atoms with van der Waals surface area (Å²) in [5, 5.41) is 59.0. The summed E-state index contributed by atoms with van der Waals surface area (Å²) in [6, 6.07) is 3.58. The Morgan fingerprint density at radius 1 is 1.16 bits per heavy atom. The average molecular weight is 624 g/mol. The summed E-state index contributed by atoms with van der Waals surface area (Å²) in [7, 11) is 0. The Labute approximate surface area is 252 Å². The highest BCUT2D eigenvalue weighted by molar-refractivity contribution is 5.99. The zero-order valence-electron chi connectivity index (χ0n) is 23.8. The number of terminal acetylenes is 1. The number of ether oxygens (including phenoxy) is 4. The van der Waals surface area contributed by atoms with Gasteiger partial charge in [0.15, 0.2) is 0 Å². The number of carboxylic acid groups (broad SMARTS) is 1. The zero-order valence-corrected chi connectivity index (χ0v) is 23.8. The van der Waals surface area contributed by atoms with Gasteiger partial charge in [-0.05, 0) is 17.2 Å². The first-order valence-electron chi connectivity index (χ1n) is 13.8. The summed E-state index contributed by atoms with van der Waals surface area (Å²) in [6.07, 6.45) is -2.65. The minimum absolute atomic E-state index is 0.0937. The first-order valence-corrected chi connectivity index (χ1v) is 13.8. The minimum atomic E-state index is -2.51. The quantitative estimate of drug-likeness (QED) is 0.0626. The molecule has 1 fully saturated rings. The number of anilines is 1.